The number of carbonyl (C=O) groups is 4. The third-order valence-corrected chi connectivity index (χ3v) is 9.73. The van der Waals surface area contributed by atoms with Crippen LogP contribution < -0.4 is 24.0 Å². The van der Waals surface area contributed by atoms with Gasteiger partial charge in [0.1, 0.15) is 23.0 Å². The zero-order chi connectivity index (χ0) is 38.1. The minimum Gasteiger partial charge on any atom is -0.494 e. The number of hydrazone groups is 1. The number of hydrogen-bond donors (Lipinski definition) is 1. The predicted molar refractivity (Wildman–Crippen MR) is 203 cm³/mol. The van der Waals surface area contributed by atoms with Crippen LogP contribution in [0, 0.1) is 11.8 Å². The standard InChI is InChI=1S/C40H43N3O10S/c1-2-37(46)50-24-8-4-3-7-23-49-31-15-17-32(18-16-31)52-38(47)28-11-13-29(14-12-28)39(48)53-35-20-19-33(51-27-45)25-30(35)26-41-43(21-22-44)40-42-34-9-5-6-10-36(34)54-40/h2,5-6,9-10,15-20,25-29,44H,1,3-4,7-8,11-14,21-24H2/b41-26+/t28-,29-. The predicted octanol–water partition coefficient (Wildman–Crippen LogP) is 6.65. The Morgan fingerprint density at radius 2 is 1.54 bits per heavy atom. The van der Waals surface area contributed by atoms with Crippen LogP contribution in [-0.4, -0.2) is 67.1 Å². The van der Waals surface area contributed by atoms with E-state index in [1.807, 2.05) is 24.3 Å². The lowest BCUT2D eigenvalue weighted by Gasteiger charge is -2.26. The molecule has 0 unspecified atom stereocenters. The van der Waals surface area contributed by atoms with Crippen LogP contribution in [0.15, 0.2) is 84.5 Å². The first-order valence-electron chi connectivity index (χ1n) is 17.8. The van der Waals surface area contributed by atoms with Crippen LogP contribution in [-0.2, 0) is 23.9 Å². The van der Waals surface area contributed by atoms with E-state index in [0.29, 0.717) is 67.6 Å². The lowest BCUT2D eigenvalue weighted by atomic mass is 9.82. The van der Waals surface area contributed by atoms with Gasteiger partial charge in [0.25, 0.3) is 6.47 Å². The average Bonchev–Trinajstić information content (AvgIpc) is 3.63. The van der Waals surface area contributed by atoms with Gasteiger partial charge in [-0.25, -0.2) is 14.8 Å². The number of fused-ring (bicyclic) bond motifs is 1. The van der Waals surface area contributed by atoms with Crippen LogP contribution in [0.25, 0.3) is 10.2 Å². The van der Waals surface area contributed by atoms with Gasteiger partial charge in [0, 0.05) is 11.6 Å². The molecule has 284 valence electrons. The van der Waals surface area contributed by atoms with Crippen LogP contribution in [0.4, 0.5) is 5.13 Å². The Balaban J connectivity index is 1.09. The number of rotatable bonds is 20. The quantitative estimate of drug-likeness (QED) is 0.0195. The number of hydrogen-bond acceptors (Lipinski definition) is 14. The van der Waals surface area contributed by atoms with E-state index in [0.717, 1.165) is 42.0 Å². The van der Waals surface area contributed by atoms with Crippen molar-refractivity contribution in [1.82, 2.24) is 4.98 Å². The first-order valence-corrected chi connectivity index (χ1v) is 18.7. The molecule has 4 aromatic rings. The van der Waals surface area contributed by atoms with Gasteiger partial charge in [-0.3, -0.25) is 14.4 Å². The monoisotopic (exact) mass is 757 g/mol. The van der Waals surface area contributed by atoms with E-state index in [4.69, 9.17) is 23.7 Å². The number of aliphatic hydroxyl groups is 1. The van der Waals surface area contributed by atoms with E-state index in [9.17, 15) is 24.3 Å². The fourth-order valence-corrected chi connectivity index (χ4v) is 6.74. The van der Waals surface area contributed by atoms with Crippen molar-refractivity contribution in [2.24, 2.45) is 16.9 Å². The van der Waals surface area contributed by atoms with E-state index in [1.165, 1.54) is 35.8 Å². The number of aromatic nitrogens is 1. The van der Waals surface area contributed by atoms with Crippen molar-refractivity contribution in [3.63, 3.8) is 0 Å². The third kappa shape index (κ3) is 11.7. The Bertz CT molecular complexity index is 1870. The van der Waals surface area contributed by atoms with E-state index >= 15 is 0 Å². The summed E-state index contributed by atoms with van der Waals surface area (Å²) >= 11 is 1.42. The minimum absolute atomic E-state index is 0.169. The van der Waals surface area contributed by atoms with Gasteiger partial charge in [0.2, 0.25) is 5.13 Å². The number of carbonyl (C=O) groups excluding carboxylic acids is 4. The lowest BCUT2D eigenvalue weighted by molar-refractivity contribution is -0.145. The summed E-state index contributed by atoms with van der Waals surface area (Å²) in [5.41, 5.74) is 1.18. The topological polar surface area (TPSA) is 163 Å². The van der Waals surface area contributed by atoms with Crippen molar-refractivity contribution < 1.29 is 48.0 Å². The second-order valence-electron chi connectivity index (χ2n) is 12.5. The number of nitrogens with zero attached hydrogens (tertiary/aromatic N) is 3. The van der Waals surface area contributed by atoms with Gasteiger partial charge in [-0.05, 0) is 106 Å². The molecule has 54 heavy (non-hydrogen) atoms. The van der Waals surface area contributed by atoms with Gasteiger partial charge in [-0.1, -0.05) is 30.0 Å². The largest absolute Gasteiger partial charge is 0.494 e. The molecular formula is C40H43N3O10S. The van der Waals surface area contributed by atoms with Gasteiger partial charge < -0.3 is 28.8 Å². The van der Waals surface area contributed by atoms with E-state index in [1.54, 1.807) is 29.3 Å². The molecule has 0 radical (unpaired) electrons. The Hall–Kier alpha value is -5.60. The number of unbranched alkanes of at least 4 members (excludes halogenated alkanes) is 3. The Morgan fingerprint density at radius 1 is 0.870 bits per heavy atom. The van der Waals surface area contributed by atoms with Crippen LogP contribution in [0.3, 0.4) is 0 Å². The van der Waals surface area contributed by atoms with E-state index in [2.05, 4.69) is 16.7 Å². The highest BCUT2D eigenvalue weighted by molar-refractivity contribution is 7.22. The lowest BCUT2D eigenvalue weighted by Crippen LogP contribution is -2.30. The molecule has 0 bridgehead atoms. The number of thiazole rings is 1. The Kier molecular flexibility index (Phi) is 15.1. The van der Waals surface area contributed by atoms with Gasteiger partial charge in [-0.15, -0.1) is 0 Å². The molecule has 1 fully saturated rings. The van der Waals surface area contributed by atoms with Crippen molar-refractivity contribution >= 4 is 57.3 Å². The summed E-state index contributed by atoms with van der Waals surface area (Å²) in [6, 6.07) is 19.1. The number of anilines is 1. The molecule has 0 amide bonds. The first kappa shape index (κ1) is 39.6. The highest BCUT2D eigenvalue weighted by Crippen LogP contribution is 2.33. The van der Waals surface area contributed by atoms with E-state index < -0.39 is 17.9 Å². The normalized spacial score (nSPS) is 15.4. The number of benzene rings is 3. The van der Waals surface area contributed by atoms with Crippen molar-refractivity contribution in [2.45, 2.75) is 51.4 Å². The molecule has 13 nitrogen and oxygen atoms in total. The summed E-state index contributed by atoms with van der Waals surface area (Å²) in [5, 5.41) is 16.3. The SMILES string of the molecule is C=CC(=O)OCCCCCCOc1ccc(OC(=O)[C@H]2CC[C@H](C(=O)Oc3ccc(OC=O)cc3/C=N/N(CCO)c3nc4ccccc4s3)CC2)cc1. The second-order valence-corrected chi connectivity index (χ2v) is 13.5. The van der Waals surface area contributed by atoms with Crippen molar-refractivity contribution in [3.8, 4) is 23.0 Å². The summed E-state index contributed by atoms with van der Waals surface area (Å²) in [7, 11) is 0. The molecule has 1 heterocycles. The smallest absolute Gasteiger partial charge is 0.330 e. The summed E-state index contributed by atoms with van der Waals surface area (Å²) < 4.78 is 28.2. The molecule has 0 atom stereocenters. The van der Waals surface area contributed by atoms with Gasteiger partial charge in [0.05, 0.1) is 54.6 Å². The maximum absolute atomic E-state index is 13.3. The molecule has 0 aliphatic heterocycles. The molecule has 14 heteroatoms. The van der Waals surface area contributed by atoms with Crippen molar-refractivity contribution in [3.05, 3.63) is 84.9 Å². The minimum atomic E-state index is -0.441. The zero-order valence-electron chi connectivity index (χ0n) is 29.8. The molecule has 1 aromatic heterocycles. The average molecular weight is 758 g/mol. The second kappa shape index (κ2) is 20.6. The molecular weight excluding hydrogens is 715 g/mol. The molecule has 0 saturated heterocycles. The van der Waals surface area contributed by atoms with Crippen LogP contribution >= 0.6 is 11.3 Å². The third-order valence-electron chi connectivity index (χ3n) is 8.68. The van der Waals surface area contributed by atoms with Crippen LogP contribution in [0.5, 0.6) is 23.0 Å². The number of esters is 3. The van der Waals surface area contributed by atoms with Crippen molar-refractivity contribution in [1.29, 1.82) is 0 Å². The van der Waals surface area contributed by atoms with E-state index in [-0.39, 0.29) is 36.5 Å². The zero-order valence-corrected chi connectivity index (χ0v) is 30.6. The molecule has 1 aliphatic carbocycles. The first-order chi connectivity index (χ1) is 26.4. The highest BCUT2D eigenvalue weighted by atomic mass is 32.1. The molecule has 3 aromatic carbocycles. The van der Waals surface area contributed by atoms with Crippen LogP contribution in [0.1, 0.15) is 56.9 Å². The fourth-order valence-electron chi connectivity index (χ4n) is 5.79. The maximum Gasteiger partial charge on any atom is 0.330 e. The summed E-state index contributed by atoms with van der Waals surface area (Å²) in [6.45, 7) is 4.59. The van der Waals surface area contributed by atoms with Crippen LogP contribution in [0.2, 0.25) is 0 Å². The summed E-state index contributed by atoms with van der Waals surface area (Å²) in [4.78, 5) is 53.0. The number of para-hydroxylation sites is 1. The Labute approximate surface area is 317 Å². The van der Waals surface area contributed by atoms with Gasteiger partial charge in [-0.2, -0.15) is 5.10 Å². The molecule has 1 aliphatic rings. The number of aliphatic hydroxyl groups excluding tert-OH is 1. The van der Waals surface area contributed by atoms with Gasteiger partial charge >= 0.3 is 17.9 Å². The Morgan fingerprint density at radius 3 is 2.22 bits per heavy atom. The molecule has 1 N–H and O–H groups in total. The summed E-state index contributed by atoms with van der Waals surface area (Å²) in [5.74, 6) is -0.443. The fraction of sp³-hybridized carbons (Fsp3) is 0.350. The number of ether oxygens (including phenoxy) is 5. The molecule has 0 spiro atoms. The maximum atomic E-state index is 13.3. The summed E-state index contributed by atoms with van der Waals surface area (Å²) in [6.07, 6.45) is 7.96. The van der Waals surface area contributed by atoms with Gasteiger partial charge in [0.15, 0.2) is 0 Å². The molecule has 5 rings (SSSR count). The molecule has 1 saturated carbocycles. The van der Waals surface area contributed by atoms with Crippen molar-refractivity contribution in [2.75, 3.05) is 31.4 Å². The highest BCUT2D eigenvalue weighted by Gasteiger charge is 2.32.